The molecule has 254 valence electrons. The van der Waals surface area contributed by atoms with Gasteiger partial charge in [-0.1, -0.05) is 188 Å². The first-order valence-corrected chi connectivity index (χ1v) is 18.2. The maximum Gasteiger partial charge on any atom is 0.164 e. The Morgan fingerprint density at radius 3 is 1.00 bits per heavy atom. The van der Waals surface area contributed by atoms with Gasteiger partial charge >= 0.3 is 0 Å². The van der Waals surface area contributed by atoms with Crippen LogP contribution in [0.1, 0.15) is 0 Å². The fraction of sp³-hybridized carbons (Fsp3) is 0. The Balaban J connectivity index is 1.08. The van der Waals surface area contributed by atoms with E-state index in [1.807, 2.05) is 60.7 Å². The summed E-state index contributed by atoms with van der Waals surface area (Å²) < 4.78 is 0. The second kappa shape index (κ2) is 14.8. The zero-order chi connectivity index (χ0) is 36.1. The summed E-state index contributed by atoms with van der Waals surface area (Å²) in [4.78, 5) is 14.8. The van der Waals surface area contributed by atoms with E-state index in [9.17, 15) is 0 Å². The SMILES string of the molecule is c1ccc(-c2cc(-c3ccccc3)cc(-c3ccccc3-c3ccc(-c4cccc(-c5nc(-c6ccccc6)nc(-c6ccccc6)n5)c4)cc3)c2)cc1. The summed E-state index contributed by atoms with van der Waals surface area (Å²) in [6.45, 7) is 0. The van der Waals surface area contributed by atoms with Crippen LogP contribution in [-0.2, 0) is 0 Å². The fourth-order valence-electron chi connectivity index (χ4n) is 6.98. The Labute approximate surface area is 316 Å². The molecule has 0 spiro atoms. The third-order valence-electron chi connectivity index (χ3n) is 9.73. The van der Waals surface area contributed by atoms with Gasteiger partial charge in [0.2, 0.25) is 0 Å². The molecule has 1 heterocycles. The van der Waals surface area contributed by atoms with E-state index in [4.69, 9.17) is 15.0 Å². The monoisotopic (exact) mass is 689 g/mol. The molecular weight excluding hydrogens is 655 g/mol. The maximum atomic E-state index is 4.96. The van der Waals surface area contributed by atoms with Crippen molar-refractivity contribution in [2.75, 3.05) is 0 Å². The molecule has 0 unspecified atom stereocenters. The normalized spacial score (nSPS) is 11.0. The van der Waals surface area contributed by atoms with E-state index in [-0.39, 0.29) is 0 Å². The van der Waals surface area contributed by atoms with Crippen LogP contribution in [0.3, 0.4) is 0 Å². The lowest BCUT2D eigenvalue weighted by molar-refractivity contribution is 1.07. The zero-order valence-corrected chi connectivity index (χ0v) is 29.5. The number of hydrogen-bond donors (Lipinski definition) is 0. The Morgan fingerprint density at radius 1 is 0.185 bits per heavy atom. The van der Waals surface area contributed by atoms with Crippen LogP contribution in [0.2, 0.25) is 0 Å². The van der Waals surface area contributed by atoms with Crippen molar-refractivity contribution < 1.29 is 0 Å². The van der Waals surface area contributed by atoms with E-state index in [0.717, 1.165) is 33.4 Å². The van der Waals surface area contributed by atoms with Crippen LogP contribution < -0.4 is 0 Å². The number of rotatable bonds is 8. The molecule has 0 fully saturated rings. The van der Waals surface area contributed by atoms with E-state index in [0.29, 0.717) is 17.5 Å². The van der Waals surface area contributed by atoms with Crippen molar-refractivity contribution in [2.45, 2.75) is 0 Å². The molecule has 9 rings (SSSR count). The van der Waals surface area contributed by atoms with Crippen LogP contribution in [0.5, 0.6) is 0 Å². The summed E-state index contributed by atoms with van der Waals surface area (Å²) in [7, 11) is 0. The third kappa shape index (κ3) is 6.87. The molecule has 0 atom stereocenters. The Kier molecular flexibility index (Phi) is 8.94. The standard InChI is InChI=1S/C51H35N3/c1-5-16-36(17-6-1)44-33-45(37-18-7-2-8-19-37)35-46(34-44)48-27-14-13-26-47(48)39-30-28-38(29-31-39)42-24-15-25-43(32-42)51-53-49(40-20-9-3-10-21-40)52-50(54-51)41-22-11-4-12-23-41/h1-35H. The first-order valence-electron chi connectivity index (χ1n) is 18.2. The lowest BCUT2D eigenvalue weighted by Crippen LogP contribution is -2.00. The second-order valence-electron chi connectivity index (χ2n) is 13.3. The third-order valence-corrected chi connectivity index (χ3v) is 9.73. The van der Waals surface area contributed by atoms with Crippen molar-refractivity contribution in [1.29, 1.82) is 0 Å². The highest BCUT2D eigenvalue weighted by Gasteiger charge is 2.14. The van der Waals surface area contributed by atoms with Crippen LogP contribution in [0.15, 0.2) is 212 Å². The Bertz CT molecular complexity index is 2560. The lowest BCUT2D eigenvalue weighted by Gasteiger charge is -2.15. The van der Waals surface area contributed by atoms with Crippen molar-refractivity contribution in [1.82, 2.24) is 15.0 Å². The van der Waals surface area contributed by atoms with Crippen LogP contribution in [-0.4, -0.2) is 15.0 Å². The molecule has 0 aliphatic carbocycles. The predicted molar refractivity (Wildman–Crippen MR) is 223 cm³/mol. The minimum absolute atomic E-state index is 0.641. The molecule has 9 aromatic rings. The van der Waals surface area contributed by atoms with Crippen LogP contribution in [0, 0.1) is 0 Å². The maximum absolute atomic E-state index is 4.96. The molecule has 3 nitrogen and oxygen atoms in total. The van der Waals surface area contributed by atoms with Crippen LogP contribution in [0.25, 0.3) is 89.8 Å². The first-order chi connectivity index (χ1) is 26.7. The van der Waals surface area contributed by atoms with Gasteiger partial charge in [-0.05, 0) is 79.9 Å². The van der Waals surface area contributed by atoms with Gasteiger partial charge in [0.1, 0.15) is 0 Å². The van der Waals surface area contributed by atoms with Crippen LogP contribution in [0.4, 0.5) is 0 Å². The average molecular weight is 690 g/mol. The van der Waals surface area contributed by atoms with E-state index < -0.39 is 0 Å². The molecule has 0 aliphatic heterocycles. The zero-order valence-electron chi connectivity index (χ0n) is 29.5. The molecule has 1 aromatic heterocycles. The smallest absolute Gasteiger partial charge is 0.164 e. The highest BCUT2D eigenvalue weighted by Crippen LogP contribution is 2.38. The summed E-state index contributed by atoms with van der Waals surface area (Å²) in [5.74, 6) is 1.94. The molecule has 3 heteroatoms. The summed E-state index contributed by atoms with van der Waals surface area (Å²) >= 11 is 0. The van der Waals surface area contributed by atoms with Crippen molar-refractivity contribution in [3.63, 3.8) is 0 Å². The van der Waals surface area contributed by atoms with Gasteiger partial charge in [0.15, 0.2) is 17.5 Å². The predicted octanol–water partition coefficient (Wildman–Crippen LogP) is 13.2. The van der Waals surface area contributed by atoms with Crippen molar-refractivity contribution in [3.8, 4) is 89.8 Å². The molecule has 0 saturated carbocycles. The first kappa shape index (κ1) is 32.7. The molecule has 0 N–H and O–H groups in total. The van der Waals surface area contributed by atoms with E-state index in [2.05, 4.69) is 152 Å². The van der Waals surface area contributed by atoms with Gasteiger partial charge in [0.25, 0.3) is 0 Å². The fourth-order valence-corrected chi connectivity index (χ4v) is 6.98. The van der Waals surface area contributed by atoms with Crippen LogP contribution >= 0.6 is 0 Å². The minimum Gasteiger partial charge on any atom is -0.208 e. The molecule has 0 amide bonds. The highest BCUT2D eigenvalue weighted by atomic mass is 15.0. The van der Waals surface area contributed by atoms with Gasteiger partial charge in [0.05, 0.1) is 0 Å². The Morgan fingerprint density at radius 2 is 0.500 bits per heavy atom. The number of benzene rings is 8. The molecular formula is C51H35N3. The van der Waals surface area contributed by atoms with Gasteiger partial charge in [-0.3, -0.25) is 0 Å². The topological polar surface area (TPSA) is 38.7 Å². The number of aromatic nitrogens is 3. The summed E-state index contributed by atoms with van der Waals surface area (Å²) in [5.41, 5.74) is 14.6. The quantitative estimate of drug-likeness (QED) is 0.159. The molecule has 0 saturated heterocycles. The summed E-state index contributed by atoms with van der Waals surface area (Å²) in [5, 5.41) is 0. The molecule has 0 radical (unpaired) electrons. The largest absolute Gasteiger partial charge is 0.208 e. The lowest BCUT2D eigenvalue weighted by atomic mass is 9.89. The minimum atomic E-state index is 0.641. The van der Waals surface area contributed by atoms with Gasteiger partial charge in [-0.25, -0.2) is 15.0 Å². The van der Waals surface area contributed by atoms with E-state index in [1.54, 1.807) is 0 Å². The number of hydrogen-bond acceptors (Lipinski definition) is 3. The van der Waals surface area contributed by atoms with Gasteiger partial charge in [0, 0.05) is 16.7 Å². The number of nitrogens with zero attached hydrogens (tertiary/aromatic N) is 3. The molecule has 8 aromatic carbocycles. The molecule has 0 bridgehead atoms. The second-order valence-corrected chi connectivity index (χ2v) is 13.3. The molecule has 54 heavy (non-hydrogen) atoms. The average Bonchev–Trinajstić information content (AvgIpc) is 3.27. The van der Waals surface area contributed by atoms with Gasteiger partial charge in [-0.15, -0.1) is 0 Å². The summed E-state index contributed by atoms with van der Waals surface area (Å²) in [6, 6.07) is 74.4. The molecule has 0 aliphatic rings. The van der Waals surface area contributed by atoms with Crippen molar-refractivity contribution >= 4 is 0 Å². The Hall–Kier alpha value is -7.23. The van der Waals surface area contributed by atoms with Gasteiger partial charge in [-0.2, -0.15) is 0 Å². The van der Waals surface area contributed by atoms with Crippen molar-refractivity contribution in [3.05, 3.63) is 212 Å². The van der Waals surface area contributed by atoms with Gasteiger partial charge < -0.3 is 0 Å². The van der Waals surface area contributed by atoms with Crippen molar-refractivity contribution in [2.24, 2.45) is 0 Å². The van der Waals surface area contributed by atoms with E-state index >= 15 is 0 Å². The summed E-state index contributed by atoms with van der Waals surface area (Å²) in [6.07, 6.45) is 0. The highest BCUT2D eigenvalue weighted by molar-refractivity contribution is 5.89. The van der Waals surface area contributed by atoms with E-state index in [1.165, 1.54) is 38.9 Å².